The summed E-state index contributed by atoms with van der Waals surface area (Å²) < 4.78 is 0. The zero-order valence-electron chi connectivity index (χ0n) is 15.1. The minimum atomic E-state index is 0.702. The Morgan fingerprint density at radius 2 is 1.62 bits per heavy atom. The maximum atomic E-state index is 3.87. The van der Waals surface area contributed by atoms with Gasteiger partial charge in [0.05, 0.1) is 0 Å². The molecule has 0 aliphatic heterocycles. The summed E-state index contributed by atoms with van der Waals surface area (Å²) in [6, 6.07) is 2.27. The molecule has 0 bridgehead atoms. The third-order valence-electron chi connectivity index (χ3n) is 6.11. The Balaban J connectivity index is 2.01. The molecule has 4 unspecified atom stereocenters. The third kappa shape index (κ3) is 4.45. The second-order valence-electron chi connectivity index (χ2n) is 8.18. The van der Waals surface area contributed by atoms with Crippen LogP contribution in [-0.2, 0) is 0 Å². The highest BCUT2D eigenvalue weighted by molar-refractivity contribution is 4.95. The Kier molecular flexibility index (Phi) is 6.55. The predicted molar refractivity (Wildman–Crippen MR) is 92.6 cm³/mol. The first kappa shape index (κ1) is 17.3. The number of likely N-dealkylation sites (N-methyl/N-ethyl adjacent to an activating group) is 1. The van der Waals surface area contributed by atoms with Gasteiger partial charge >= 0.3 is 0 Å². The monoisotopic (exact) mass is 294 g/mol. The zero-order chi connectivity index (χ0) is 15.4. The maximum Gasteiger partial charge on any atom is 0.0274 e. The summed E-state index contributed by atoms with van der Waals surface area (Å²) in [6.45, 7) is 10.8. The first-order valence-electron chi connectivity index (χ1n) is 9.48. The Morgan fingerprint density at radius 1 is 0.952 bits per heavy atom. The molecule has 0 aromatic carbocycles. The van der Waals surface area contributed by atoms with Gasteiger partial charge in [0.1, 0.15) is 0 Å². The fourth-order valence-corrected chi connectivity index (χ4v) is 4.95. The molecular formula is C19H38N2. The second-order valence-corrected chi connectivity index (χ2v) is 8.18. The fraction of sp³-hybridized carbons (Fsp3) is 1.00. The molecule has 2 aliphatic rings. The van der Waals surface area contributed by atoms with Crippen LogP contribution in [0.2, 0.25) is 0 Å². The third-order valence-corrected chi connectivity index (χ3v) is 6.11. The van der Waals surface area contributed by atoms with Gasteiger partial charge in [-0.25, -0.2) is 0 Å². The molecule has 0 heterocycles. The average Bonchev–Trinajstić information content (AvgIpc) is 2.44. The lowest BCUT2D eigenvalue weighted by Gasteiger charge is -2.48. The molecule has 124 valence electrons. The normalized spacial score (nSPS) is 41.4. The first-order valence-corrected chi connectivity index (χ1v) is 9.48. The van der Waals surface area contributed by atoms with E-state index in [1.165, 1.54) is 51.5 Å². The lowest BCUT2D eigenvalue weighted by molar-refractivity contribution is 0.0335. The molecule has 0 amide bonds. The molecular weight excluding hydrogens is 256 g/mol. The van der Waals surface area contributed by atoms with Gasteiger partial charge in [-0.1, -0.05) is 27.7 Å². The van der Waals surface area contributed by atoms with Gasteiger partial charge < -0.3 is 5.32 Å². The van der Waals surface area contributed by atoms with Crippen molar-refractivity contribution in [3.63, 3.8) is 0 Å². The topological polar surface area (TPSA) is 15.3 Å². The van der Waals surface area contributed by atoms with E-state index in [2.05, 4.69) is 45.0 Å². The maximum absolute atomic E-state index is 3.87. The van der Waals surface area contributed by atoms with Crippen LogP contribution in [0, 0.1) is 17.8 Å². The average molecular weight is 295 g/mol. The van der Waals surface area contributed by atoms with Crippen LogP contribution in [0.4, 0.5) is 0 Å². The summed E-state index contributed by atoms with van der Waals surface area (Å²) >= 11 is 0. The van der Waals surface area contributed by atoms with Crippen LogP contribution in [0.5, 0.6) is 0 Å². The van der Waals surface area contributed by atoms with Crippen LogP contribution in [0.3, 0.4) is 0 Å². The van der Waals surface area contributed by atoms with Crippen LogP contribution in [0.25, 0.3) is 0 Å². The van der Waals surface area contributed by atoms with Crippen molar-refractivity contribution < 1.29 is 0 Å². The molecule has 2 rings (SSSR count). The molecule has 2 heteroatoms. The highest BCUT2D eigenvalue weighted by Crippen LogP contribution is 2.35. The van der Waals surface area contributed by atoms with Crippen molar-refractivity contribution in [1.29, 1.82) is 0 Å². The second kappa shape index (κ2) is 7.97. The van der Waals surface area contributed by atoms with Gasteiger partial charge in [0.15, 0.2) is 0 Å². The van der Waals surface area contributed by atoms with Crippen LogP contribution < -0.4 is 5.32 Å². The molecule has 2 fully saturated rings. The molecule has 4 atom stereocenters. The van der Waals surface area contributed by atoms with E-state index >= 15 is 0 Å². The first-order chi connectivity index (χ1) is 10.0. The van der Waals surface area contributed by atoms with Gasteiger partial charge in [-0.3, -0.25) is 4.90 Å². The summed E-state index contributed by atoms with van der Waals surface area (Å²) in [5.74, 6) is 2.66. The predicted octanol–water partition coefficient (Wildman–Crippen LogP) is 4.30. The number of hydrogen-bond donors (Lipinski definition) is 1. The van der Waals surface area contributed by atoms with Crippen LogP contribution in [-0.4, -0.2) is 36.6 Å². The van der Waals surface area contributed by atoms with Gasteiger partial charge in [0.2, 0.25) is 0 Å². The molecule has 1 N–H and O–H groups in total. The zero-order valence-corrected chi connectivity index (χ0v) is 15.1. The molecule has 0 aromatic rings. The number of rotatable bonds is 5. The van der Waals surface area contributed by atoms with Crippen molar-refractivity contribution in [3.05, 3.63) is 0 Å². The van der Waals surface area contributed by atoms with Crippen LogP contribution in [0.15, 0.2) is 0 Å². The Morgan fingerprint density at radius 3 is 2.24 bits per heavy atom. The number of hydrogen-bond acceptors (Lipinski definition) is 2. The largest absolute Gasteiger partial charge is 0.312 e. The summed E-state index contributed by atoms with van der Waals surface area (Å²) in [5, 5.41) is 3.87. The van der Waals surface area contributed by atoms with Crippen molar-refractivity contribution in [3.8, 4) is 0 Å². The highest BCUT2D eigenvalue weighted by atomic mass is 15.2. The summed E-state index contributed by atoms with van der Waals surface area (Å²) in [4.78, 5) is 2.77. The molecule has 0 spiro atoms. The van der Waals surface area contributed by atoms with E-state index < -0.39 is 0 Å². The van der Waals surface area contributed by atoms with Gasteiger partial charge in [-0.15, -0.1) is 0 Å². The summed E-state index contributed by atoms with van der Waals surface area (Å²) in [6.07, 6.45) is 9.70. The van der Waals surface area contributed by atoms with Crippen LogP contribution >= 0.6 is 0 Å². The van der Waals surface area contributed by atoms with Gasteiger partial charge in [0.25, 0.3) is 0 Å². The number of nitrogens with one attached hydrogen (secondary N) is 1. The minimum Gasteiger partial charge on any atom is -0.312 e. The van der Waals surface area contributed by atoms with Gasteiger partial charge in [-0.2, -0.15) is 0 Å². The molecule has 2 nitrogen and oxygen atoms in total. The molecule has 0 radical (unpaired) electrons. The van der Waals surface area contributed by atoms with Gasteiger partial charge in [0, 0.05) is 18.1 Å². The molecule has 0 saturated heterocycles. The van der Waals surface area contributed by atoms with Crippen molar-refractivity contribution in [2.75, 3.05) is 13.6 Å². The van der Waals surface area contributed by atoms with Crippen molar-refractivity contribution in [2.24, 2.45) is 17.8 Å². The molecule has 0 aromatic heterocycles. The van der Waals surface area contributed by atoms with Gasteiger partial charge in [-0.05, 0) is 76.3 Å². The van der Waals surface area contributed by atoms with E-state index in [0.29, 0.717) is 6.04 Å². The Hall–Kier alpha value is -0.0800. The van der Waals surface area contributed by atoms with E-state index in [4.69, 9.17) is 0 Å². The smallest absolute Gasteiger partial charge is 0.0274 e. The molecule has 21 heavy (non-hydrogen) atoms. The lowest BCUT2D eigenvalue weighted by atomic mass is 9.74. The van der Waals surface area contributed by atoms with Crippen molar-refractivity contribution in [1.82, 2.24) is 10.2 Å². The highest BCUT2D eigenvalue weighted by Gasteiger charge is 2.38. The van der Waals surface area contributed by atoms with E-state index in [-0.39, 0.29) is 0 Å². The molecule has 2 aliphatic carbocycles. The minimum absolute atomic E-state index is 0.702. The summed E-state index contributed by atoms with van der Waals surface area (Å²) in [5.41, 5.74) is 0. The quantitative estimate of drug-likeness (QED) is 0.813. The standard InChI is InChI=1S/C19H38N2/c1-6-11-20-18-13-15(3)12-16(4)19(18)21(5)17-9-7-14(2)8-10-17/h14-20H,6-13H2,1-5H3. The van der Waals surface area contributed by atoms with E-state index in [0.717, 1.165) is 29.8 Å². The summed E-state index contributed by atoms with van der Waals surface area (Å²) in [7, 11) is 2.42. The Bertz CT molecular complexity index is 296. The van der Waals surface area contributed by atoms with Crippen molar-refractivity contribution >= 4 is 0 Å². The van der Waals surface area contributed by atoms with E-state index in [9.17, 15) is 0 Å². The lowest BCUT2D eigenvalue weighted by Crippen LogP contribution is -2.58. The SMILES string of the molecule is CCCNC1CC(C)CC(C)C1N(C)C1CCC(C)CC1. The molecule has 2 saturated carbocycles. The van der Waals surface area contributed by atoms with E-state index in [1.807, 2.05) is 0 Å². The van der Waals surface area contributed by atoms with E-state index in [1.54, 1.807) is 0 Å². The Labute approximate surface area is 133 Å². The van der Waals surface area contributed by atoms with Crippen molar-refractivity contribution in [2.45, 2.75) is 90.8 Å². The fourth-order valence-electron chi connectivity index (χ4n) is 4.95. The van der Waals surface area contributed by atoms with Crippen LogP contribution in [0.1, 0.15) is 72.6 Å². The number of nitrogens with zero attached hydrogens (tertiary/aromatic N) is 1.